The summed E-state index contributed by atoms with van der Waals surface area (Å²) in [5.74, 6) is 0.368. The molecule has 0 radical (unpaired) electrons. The zero-order valence-corrected chi connectivity index (χ0v) is 14.8. The summed E-state index contributed by atoms with van der Waals surface area (Å²) in [6.45, 7) is 2.64. The van der Waals surface area contributed by atoms with Crippen LogP contribution in [0.2, 0.25) is 0 Å². The number of halogens is 1. The Morgan fingerprint density at radius 1 is 1.25 bits per heavy atom. The highest BCUT2D eigenvalue weighted by Crippen LogP contribution is 2.24. The Bertz CT molecular complexity index is 690. The van der Waals surface area contributed by atoms with Crippen LogP contribution in [0.15, 0.2) is 24.3 Å². The molecule has 1 aliphatic carbocycles. The van der Waals surface area contributed by atoms with Crippen molar-refractivity contribution in [2.45, 2.75) is 45.4 Å². The van der Waals surface area contributed by atoms with Crippen molar-refractivity contribution in [2.24, 2.45) is 5.92 Å². The first-order chi connectivity index (χ1) is 11.6. The van der Waals surface area contributed by atoms with Gasteiger partial charge in [0.2, 0.25) is 0 Å². The fourth-order valence-corrected chi connectivity index (χ4v) is 4.24. The Kier molecular flexibility index (Phi) is 5.61. The van der Waals surface area contributed by atoms with Gasteiger partial charge < -0.3 is 5.32 Å². The van der Waals surface area contributed by atoms with Gasteiger partial charge in [-0.05, 0) is 43.4 Å². The fraction of sp³-hybridized carbons (Fsp3) is 0.474. The van der Waals surface area contributed by atoms with Crippen molar-refractivity contribution in [3.8, 4) is 0 Å². The molecule has 1 amide bonds. The maximum atomic E-state index is 13.0. The van der Waals surface area contributed by atoms with E-state index in [4.69, 9.17) is 0 Å². The summed E-state index contributed by atoms with van der Waals surface area (Å²) in [5, 5.41) is 3.97. The summed E-state index contributed by atoms with van der Waals surface area (Å²) in [7, 11) is 0. The largest absolute Gasteiger partial charge is 0.351 e. The van der Waals surface area contributed by atoms with Crippen molar-refractivity contribution < 1.29 is 9.18 Å². The third-order valence-electron chi connectivity index (χ3n) is 4.59. The normalized spacial score (nSPS) is 15.4. The van der Waals surface area contributed by atoms with Crippen molar-refractivity contribution in [1.29, 1.82) is 0 Å². The van der Waals surface area contributed by atoms with E-state index >= 15 is 0 Å². The molecule has 2 aromatic rings. The minimum Gasteiger partial charge on any atom is -0.351 e. The first kappa shape index (κ1) is 17.1. The average molecular weight is 346 g/mol. The second-order valence-electron chi connectivity index (χ2n) is 6.54. The number of hydrogen-bond donors (Lipinski definition) is 1. The van der Waals surface area contributed by atoms with E-state index in [0.29, 0.717) is 17.2 Å². The topological polar surface area (TPSA) is 42.0 Å². The smallest absolute Gasteiger partial charge is 0.263 e. The lowest BCUT2D eigenvalue weighted by molar-refractivity contribution is 0.0947. The van der Waals surface area contributed by atoms with Crippen LogP contribution < -0.4 is 5.32 Å². The van der Waals surface area contributed by atoms with Crippen molar-refractivity contribution in [3.63, 3.8) is 0 Å². The lowest BCUT2D eigenvalue weighted by atomic mass is 9.89. The molecule has 1 fully saturated rings. The van der Waals surface area contributed by atoms with Crippen LogP contribution in [0.25, 0.3) is 0 Å². The Labute approximate surface area is 146 Å². The molecule has 0 spiro atoms. The van der Waals surface area contributed by atoms with Gasteiger partial charge in [-0.25, -0.2) is 9.37 Å². The van der Waals surface area contributed by atoms with Crippen LogP contribution in [0, 0.1) is 18.7 Å². The lowest BCUT2D eigenvalue weighted by Crippen LogP contribution is -2.30. The molecule has 1 aromatic heterocycles. The highest BCUT2D eigenvalue weighted by Gasteiger charge is 2.18. The SMILES string of the molecule is Cc1nc(Cc2ccc(F)cc2)sc1C(=O)NCC1CCCCC1. The number of rotatable bonds is 5. The zero-order valence-electron chi connectivity index (χ0n) is 14.0. The molecule has 1 aliphatic rings. The second kappa shape index (κ2) is 7.88. The molecule has 1 saturated carbocycles. The molecule has 3 rings (SSSR count). The number of benzene rings is 1. The predicted molar refractivity (Wildman–Crippen MR) is 95.0 cm³/mol. The number of aromatic nitrogens is 1. The van der Waals surface area contributed by atoms with E-state index in [2.05, 4.69) is 10.3 Å². The second-order valence-corrected chi connectivity index (χ2v) is 7.62. The first-order valence-electron chi connectivity index (χ1n) is 8.61. The van der Waals surface area contributed by atoms with E-state index in [0.717, 1.165) is 22.8 Å². The van der Waals surface area contributed by atoms with E-state index in [9.17, 15) is 9.18 Å². The van der Waals surface area contributed by atoms with Crippen molar-refractivity contribution in [1.82, 2.24) is 10.3 Å². The lowest BCUT2D eigenvalue weighted by Gasteiger charge is -2.21. The minimum absolute atomic E-state index is 0.0130. The fourth-order valence-electron chi connectivity index (χ4n) is 3.22. The van der Waals surface area contributed by atoms with Gasteiger partial charge in [0, 0.05) is 13.0 Å². The molecule has 0 bridgehead atoms. The van der Waals surface area contributed by atoms with E-state index in [1.165, 1.54) is 55.6 Å². The Morgan fingerprint density at radius 3 is 2.67 bits per heavy atom. The quantitative estimate of drug-likeness (QED) is 0.866. The summed E-state index contributed by atoms with van der Waals surface area (Å²) in [6, 6.07) is 6.42. The molecular formula is C19H23FN2OS. The van der Waals surface area contributed by atoms with Gasteiger partial charge in [0.15, 0.2) is 0 Å². The maximum Gasteiger partial charge on any atom is 0.263 e. The van der Waals surface area contributed by atoms with Gasteiger partial charge in [0.05, 0.1) is 10.7 Å². The summed E-state index contributed by atoms with van der Waals surface area (Å²) < 4.78 is 13.0. The highest BCUT2D eigenvalue weighted by atomic mass is 32.1. The summed E-state index contributed by atoms with van der Waals surface area (Å²) in [6.07, 6.45) is 6.95. The maximum absolute atomic E-state index is 13.0. The van der Waals surface area contributed by atoms with Gasteiger partial charge in [-0.3, -0.25) is 4.79 Å². The van der Waals surface area contributed by atoms with E-state index in [1.807, 2.05) is 6.92 Å². The number of nitrogens with one attached hydrogen (secondary N) is 1. The van der Waals surface area contributed by atoms with Gasteiger partial charge in [-0.2, -0.15) is 0 Å². The number of aryl methyl sites for hydroxylation is 1. The number of amides is 1. The summed E-state index contributed by atoms with van der Waals surface area (Å²) in [5.41, 5.74) is 1.78. The number of hydrogen-bond acceptors (Lipinski definition) is 3. The van der Waals surface area contributed by atoms with Crippen molar-refractivity contribution >= 4 is 17.2 Å². The average Bonchev–Trinajstić information content (AvgIpc) is 2.96. The van der Waals surface area contributed by atoms with Crippen LogP contribution in [0.5, 0.6) is 0 Å². The number of thiazole rings is 1. The summed E-state index contributed by atoms with van der Waals surface area (Å²) >= 11 is 1.44. The molecule has 0 saturated heterocycles. The van der Waals surface area contributed by atoms with E-state index in [-0.39, 0.29) is 11.7 Å². The van der Waals surface area contributed by atoms with Crippen LogP contribution in [0.1, 0.15) is 58.0 Å². The van der Waals surface area contributed by atoms with Gasteiger partial charge >= 0.3 is 0 Å². The van der Waals surface area contributed by atoms with Crippen LogP contribution in [0.4, 0.5) is 4.39 Å². The highest BCUT2D eigenvalue weighted by molar-refractivity contribution is 7.13. The predicted octanol–water partition coefficient (Wildman–Crippen LogP) is 4.49. The third kappa shape index (κ3) is 4.41. The van der Waals surface area contributed by atoms with Crippen LogP contribution in [-0.2, 0) is 6.42 Å². The van der Waals surface area contributed by atoms with Crippen molar-refractivity contribution in [2.75, 3.05) is 6.54 Å². The van der Waals surface area contributed by atoms with Gasteiger partial charge in [0.1, 0.15) is 10.7 Å². The zero-order chi connectivity index (χ0) is 16.9. The van der Waals surface area contributed by atoms with Gasteiger partial charge in [-0.15, -0.1) is 11.3 Å². The van der Waals surface area contributed by atoms with Gasteiger partial charge in [0.25, 0.3) is 5.91 Å². The molecule has 1 aromatic carbocycles. The molecule has 0 unspecified atom stereocenters. The molecule has 1 heterocycles. The monoisotopic (exact) mass is 346 g/mol. The minimum atomic E-state index is -0.239. The Morgan fingerprint density at radius 2 is 1.96 bits per heavy atom. The summed E-state index contributed by atoms with van der Waals surface area (Å²) in [4.78, 5) is 17.6. The van der Waals surface area contributed by atoms with E-state index in [1.54, 1.807) is 12.1 Å². The molecule has 1 N–H and O–H groups in total. The van der Waals surface area contributed by atoms with Crippen LogP contribution in [-0.4, -0.2) is 17.4 Å². The molecule has 3 nitrogen and oxygen atoms in total. The number of carbonyl (C=O) groups is 1. The van der Waals surface area contributed by atoms with E-state index < -0.39 is 0 Å². The molecule has 128 valence electrons. The first-order valence-corrected chi connectivity index (χ1v) is 9.42. The van der Waals surface area contributed by atoms with Crippen LogP contribution >= 0.6 is 11.3 Å². The molecular weight excluding hydrogens is 323 g/mol. The number of nitrogens with zero attached hydrogens (tertiary/aromatic N) is 1. The molecule has 5 heteroatoms. The molecule has 0 aliphatic heterocycles. The van der Waals surface area contributed by atoms with Crippen molar-refractivity contribution in [3.05, 3.63) is 51.2 Å². The standard InChI is InChI=1S/C19H23FN2OS/c1-13-18(19(23)21-12-15-5-3-2-4-6-15)24-17(22-13)11-14-7-9-16(20)10-8-14/h7-10,15H,2-6,11-12H2,1H3,(H,21,23). The molecule has 24 heavy (non-hydrogen) atoms. The Hall–Kier alpha value is -1.75. The Balaban J connectivity index is 1.60. The van der Waals surface area contributed by atoms with Gasteiger partial charge in [-0.1, -0.05) is 31.4 Å². The number of carbonyl (C=O) groups excluding carboxylic acids is 1. The van der Waals surface area contributed by atoms with Crippen LogP contribution in [0.3, 0.4) is 0 Å². The molecule has 0 atom stereocenters. The third-order valence-corrected chi connectivity index (χ3v) is 5.75.